The zero-order chi connectivity index (χ0) is 25.7. The van der Waals surface area contributed by atoms with Gasteiger partial charge in [-0.05, 0) is 48.0 Å². The summed E-state index contributed by atoms with van der Waals surface area (Å²) in [4.78, 5) is 36.7. The van der Waals surface area contributed by atoms with Gasteiger partial charge in [0.25, 0.3) is 5.69 Å². The molecule has 1 amide bonds. The maximum Gasteiger partial charge on any atom is 0.293 e. The lowest BCUT2D eigenvalue weighted by Gasteiger charge is -2.13. The van der Waals surface area contributed by atoms with Crippen LogP contribution < -0.4 is 10.6 Å². The van der Waals surface area contributed by atoms with Crippen molar-refractivity contribution in [2.45, 2.75) is 6.92 Å². The molecule has 0 fully saturated rings. The number of rotatable bonds is 8. The predicted molar refractivity (Wildman–Crippen MR) is 130 cm³/mol. The third-order valence-electron chi connectivity index (χ3n) is 4.78. The average molecular weight is 480 g/mol. The number of hydrogen-bond acceptors (Lipinski definition) is 6. The van der Waals surface area contributed by atoms with Crippen molar-refractivity contribution in [1.82, 2.24) is 4.90 Å². The van der Waals surface area contributed by atoms with E-state index in [2.05, 4.69) is 10.6 Å². The van der Waals surface area contributed by atoms with E-state index in [4.69, 9.17) is 0 Å². The fourth-order valence-corrected chi connectivity index (χ4v) is 3.26. The summed E-state index contributed by atoms with van der Waals surface area (Å²) in [6, 6.07) is 11.6. The number of allylic oxidation sites excluding steroid dienone is 1. The molecule has 0 spiro atoms. The molecule has 8 nitrogen and oxygen atoms in total. The van der Waals surface area contributed by atoms with Crippen molar-refractivity contribution < 1.29 is 23.3 Å². The number of benzene rings is 3. The molecule has 0 aliphatic heterocycles. The Morgan fingerprint density at radius 2 is 1.71 bits per heavy atom. The van der Waals surface area contributed by atoms with E-state index in [-0.39, 0.29) is 28.4 Å². The second kappa shape index (κ2) is 10.6. The molecule has 2 N–H and O–H groups in total. The predicted octanol–water partition coefficient (Wildman–Crippen LogP) is 5.50. The largest absolute Gasteiger partial charge is 0.383 e. The molecular weight excluding hydrogens is 458 g/mol. The van der Waals surface area contributed by atoms with Gasteiger partial charge >= 0.3 is 0 Å². The summed E-state index contributed by atoms with van der Waals surface area (Å²) in [6.07, 6.45) is 2.83. The summed E-state index contributed by atoms with van der Waals surface area (Å²) in [5.41, 5.74) is 0.821. The van der Waals surface area contributed by atoms with Crippen molar-refractivity contribution in [3.8, 4) is 11.1 Å². The second-order valence-electron chi connectivity index (χ2n) is 7.86. The van der Waals surface area contributed by atoms with Crippen LogP contribution in [-0.2, 0) is 4.79 Å². The summed E-state index contributed by atoms with van der Waals surface area (Å²) >= 11 is 0. The summed E-state index contributed by atoms with van der Waals surface area (Å²) in [7, 11) is 3.47. The molecule has 0 bridgehead atoms. The van der Waals surface area contributed by atoms with Gasteiger partial charge in [-0.1, -0.05) is 0 Å². The van der Waals surface area contributed by atoms with E-state index in [1.807, 2.05) is 0 Å². The number of ketones is 1. The van der Waals surface area contributed by atoms with Crippen molar-refractivity contribution in [3.05, 3.63) is 94.2 Å². The monoisotopic (exact) mass is 480 g/mol. The van der Waals surface area contributed by atoms with Crippen LogP contribution in [0.4, 0.5) is 31.5 Å². The molecule has 0 saturated heterocycles. The Bertz CT molecular complexity index is 1340. The Hall–Kier alpha value is -4.60. The van der Waals surface area contributed by atoms with Crippen molar-refractivity contribution in [3.63, 3.8) is 0 Å². The Kier molecular flexibility index (Phi) is 7.55. The molecule has 3 aromatic rings. The number of nitrogens with one attached hydrogen (secondary N) is 2. The normalized spacial score (nSPS) is 10.8. The van der Waals surface area contributed by atoms with Crippen LogP contribution in [0.15, 0.2) is 66.9 Å². The van der Waals surface area contributed by atoms with Gasteiger partial charge in [0.2, 0.25) is 5.91 Å². The smallest absolute Gasteiger partial charge is 0.293 e. The molecular formula is C25H22F2N4O4. The van der Waals surface area contributed by atoms with Crippen LogP contribution in [0.3, 0.4) is 0 Å². The molecule has 0 heterocycles. The van der Waals surface area contributed by atoms with Gasteiger partial charge < -0.3 is 15.5 Å². The highest BCUT2D eigenvalue weighted by atomic mass is 19.1. The Morgan fingerprint density at radius 1 is 1.00 bits per heavy atom. The molecule has 0 radical (unpaired) electrons. The highest BCUT2D eigenvalue weighted by molar-refractivity contribution is 6.05. The number of halogens is 2. The summed E-state index contributed by atoms with van der Waals surface area (Å²) < 4.78 is 27.8. The summed E-state index contributed by atoms with van der Waals surface area (Å²) in [5.74, 6) is -2.34. The van der Waals surface area contributed by atoms with Gasteiger partial charge in [-0.25, -0.2) is 8.78 Å². The molecule has 0 aliphatic carbocycles. The van der Waals surface area contributed by atoms with E-state index < -0.39 is 22.3 Å². The molecule has 180 valence electrons. The highest BCUT2D eigenvalue weighted by Gasteiger charge is 2.18. The Labute approximate surface area is 200 Å². The third-order valence-corrected chi connectivity index (χ3v) is 4.78. The topological polar surface area (TPSA) is 105 Å². The van der Waals surface area contributed by atoms with Gasteiger partial charge in [-0.2, -0.15) is 0 Å². The molecule has 0 saturated carbocycles. The second-order valence-corrected chi connectivity index (χ2v) is 7.86. The molecule has 0 unspecified atom stereocenters. The van der Waals surface area contributed by atoms with Gasteiger partial charge in [-0.15, -0.1) is 0 Å². The molecule has 0 aliphatic rings. The van der Waals surface area contributed by atoms with Gasteiger partial charge in [-0.3, -0.25) is 19.7 Å². The summed E-state index contributed by atoms with van der Waals surface area (Å²) in [6.45, 7) is 1.30. The lowest BCUT2D eigenvalue weighted by Crippen LogP contribution is -2.07. The fourth-order valence-electron chi connectivity index (χ4n) is 3.26. The van der Waals surface area contributed by atoms with E-state index in [1.54, 1.807) is 19.0 Å². The number of carbonyl (C=O) groups is 2. The Morgan fingerprint density at radius 3 is 2.34 bits per heavy atom. The molecule has 3 rings (SSSR count). The van der Waals surface area contributed by atoms with Crippen LogP contribution in [-0.4, -0.2) is 35.6 Å². The standard InChI is InChI=1S/C25H22F2N4O4/c1-15(32)28-19-10-17(21-6-5-18(26)13-22(21)27)11-20(14-19)29-23-7-4-16(12-24(23)31(34)35)25(33)8-9-30(2)3/h4-14,29H,1-3H3,(H,28,32). The third kappa shape index (κ3) is 6.47. The van der Waals surface area contributed by atoms with Gasteiger partial charge in [0.15, 0.2) is 5.78 Å². The average Bonchev–Trinajstić information content (AvgIpc) is 2.76. The van der Waals surface area contributed by atoms with Crippen molar-refractivity contribution in [2.24, 2.45) is 0 Å². The van der Waals surface area contributed by atoms with E-state index in [9.17, 15) is 28.5 Å². The molecule has 0 atom stereocenters. The zero-order valence-corrected chi connectivity index (χ0v) is 19.1. The number of nitro benzene ring substituents is 1. The number of amides is 1. The number of hydrogen-bond donors (Lipinski definition) is 2. The van der Waals surface area contributed by atoms with Gasteiger partial charge in [0.1, 0.15) is 17.3 Å². The van der Waals surface area contributed by atoms with E-state index >= 15 is 0 Å². The number of anilines is 3. The fraction of sp³-hybridized carbons (Fsp3) is 0.120. The maximum atomic E-state index is 14.4. The first-order valence-corrected chi connectivity index (χ1v) is 10.4. The van der Waals surface area contributed by atoms with Crippen molar-refractivity contribution in [2.75, 3.05) is 24.7 Å². The minimum absolute atomic E-state index is 0.0739. The van der Waals surface area contributed by atoms with Crippen molar-refractivity contribution >= 4 is 34.4 Å². The van der Waals surface area contributed by atoms with Crippen LogP contribution in [0.5, 0.6) is 0 Å². The highest BCUT2D eigenvalue weighted by Crippen LogP contribution is 2.34. The Balaban J connectivity index is 2.04. The van der Waals surface area contributed by atoms with E-state index in [0.717, 1.165) is 18.2 Å². The maximum absolute atomic E-state index is 14.4. The van der Waals surface area contributed by atoms with Crippen molar-refractivity contribution in [1.29, 1.82) is 0 Å². The van der Waals surface area contributed by atoms with E-state index in [1.165, 1.54) is 55.6 Å². The molecule has 0 aromatic heterocycles. The van der Waals surface area contributed by atoms with E-state index in [0.29, 0.717) is 16.9 Å². The first-order valence-electron chi connectivity index (χ1n) is 10.4. The first kappa shape index (κ1) is 25.0. The van der Waals surface area contributed by atoms with Crippen LogP contribution >= 0.6 is 0 Å². The first-order chi connectivity index (χ1) is 16.5. The van der Waals surface area contributed by atoms with Crippen LogP contribution in [0, 0.1) is 21.7 Å². The van der Waals surface area contributed by atoms with Crippen LogP contribution in [0.1, 0.15) is 17.3 Å². The molecule has 3 aromatic carbocycles. The molecule has 35 heavy (non-hydrogen) atoms. The van der Waals surface area contributed by atoms with Crippen LogP contribution in [0.2, 0.25) is 0 Å². The SMILES string of the molecule is CC(=O)Nc1cc(Nc2ccc(C(=O)C=CN(C)C)cc2[N+](=O)[O-])cc(-c2ccc(F)cc2F)c1. The lowest BCUT2D eigenvalue weighted by molar-refractivity contribution is -0.383. The number of nitrogens with zero attached hydrogens (tertiary/aromatic N) is 2. The minimum Gasteiger partial charge on any atom is -0.383 e. The van der Waals surface area contributed by atoms with Gasteiger partial charge in [0, 0.05) is 67.9 Å². The lowest BCUT2D eigenvalue weighted by atomic mass is 10.0. The molecule has 10 heteroatoms. The zero-order valence-electron chi connectivity index (χ0n) is 19.1. The van der Waals surface area contributed by atoms with Crippen LogP contribution in [0.25, 0.3) is 11.1 Å². The summed E-state index contributed by atoms with van der Waals surface area (Å²) in [5, 5.41) is 17.2. The van der Waals surface area contributed by atoms with Gasteiger partial charge in [0.05, 0.1) is 4.92 Å². The quantitative estimate of drug-likeness (QED) is 0.191. The number of nitro groups is 1. The minimum atomic E-state index is -0.810. The number of carbonyl (C=O) groups excluding carboxylic acids is 2.